The molecule has 3 aliphatic rings. The molecule has 2 aliphatic heterocycles. The van der Waals surface area contributed by atoms with Crippen LogP contribution in [0.5, 0.6) is 0 Å². The third kappa shape index (κ3) is 7.01. The van der Waals surface area contributed by atoms with Gasteiger partial charge in [-0.05, 0) is 87.2 Å². The van der Waals surface area contributed by atoms with E-state index >= 15 is 0 Å². The van der Waals surface area contributed by atoms with Crippen LogP contribution in [0.15, 0.2) is 48.9 Å². The molecule has 0 bridgehead atoms. The van der Waals surface area contributed by atoms with Crippen molar-refractivity contribution >= 4 is 29.0 Å². The number of Topliss-reactive ketones (excluding diaryl/α,β-unsaturated/α-hetero) is 1. The summed E-state index contributed by atoms with van der Waals surface area (Å²) in [4.78, 5) is 42.7. The topological polar surface area (TPSA) is 117 Å². The number of benzene rings is 1. The minimum Gasteiger partial charge on any atom is -0.364 e. The molecule has 1 saturated carbocycles. The molecule has 2 aromatic heterocycles. The normalized spacial score (nSPS) is 20.3. The molecule has 0 spiro atoms. The Kier molecular flexibility index (Phi) is 8.92. The number of primary amides is 1. The van der Waals surface area contributed by atoms with Gasteiger partial charge in [0.05, 0.1) is 12.4 Å². The summed E-state index contributed by atoms with van der Waals surface area (Å²) < 4.78 is 13.6. The molecule has 1 atom stereocenters. The van der Waals surface area contributed by atoms with Crippen molar-refractivity contribution in [1.29, 1.82) is 0 Å². The van der Waals surface area contributed by atoms with Crippen molar-refractivity contribution in [2.24, 2.45) is 11.7 Å². The number of nitrogens with two attached hydrogens (primary N) is 1. The van der Waals surface area contributed by atoms with E-state index in [1.54, 1.807) is 6.20 Å². The first-order valence-electron chi connectivity index (χ1n) is 15.6. The largest absolute Gasteiger partial charge is 0.364 e. The number of ketones is 1. The van der Waals surface area contributed by atoms with Gasteiger partial charge in [-0.1, -0.05) is 25.0 Å². The average molecular weight is 586 g/mol. The Morgan fingerprint density at radius 3 is 2.44 bits per heavy atom. The molecule has 1 aliphatic carbocycles. The van der Waals surface area contributed by atoms with E-state index in [9.17, 15) is 14.0 Å². The zero-order chi connectivity index (χ0) is 29.8. The van der Waals surface area contributed by atoms with Crippen LogP contribution >= 0.6 is 0 Å². The highest BCUT2D eigenvalue weighted by Gasteiger charge is 2.28. The van der Waals surface area contributed by atoms with E-state index in [-0.39, 0.29) is 23.0 Å². The van der Waals surface area contributed by atoms with Gasteiger partial charge < -0.3 is 20.9 Å². The number of halogens is 1. The number of anilines is 3. The number of hydrogen-bond donors (Lipinski definition) is 2. The number of piperidine rings is 2. The Hall–Kier alpha value is -3.92. The molecular weight excluding hydrogens is 545 g/mol. The molecule has 9 nitrogen and oxygen atoms in total. The lowest BCUT2D eigenvalue weighted by molar-refractivity contribution is 0.0954. The lowest BCUT2D eigenvalue weighted by Crippen LogP contribution is -2.39. The first-order valence-corrected chi connectivity index (χ1v) is 15.6. The predicted octanol–water partition coefficient (Wildman–Crippen LogP) is 5.46. The maximum Gasteiger partial charge on any atom is 0.271 e. The fourth-order valence-electron chi connectivity index (χ4n) is 7.03. The number of aromatic nitrogens is 3. The molecule has 0 radical (unpaired) electrons. The number of rotatable bonds is 9. The molecule has 3 aromatic rings. The third-order valence-corrected chi connectivity index (χ3v) is 9.35. The standard InChI is InChI=1S/C33H40FN7O2/c34-26-17-25(18-36-19-26)29(42)16-22-4-3-13-41(21-22)30-20-37-31(32(35)43)33(39-30)38-27-9-7-23(8-10-27)24-11-14-40(15-12-24)28-5-1-2-6-28/h7-10,17-20,22,24,28H,1-6,11-16,21H2,(H2,35,43)(H,38,39)/t22-/m0/s1. The highest BCUT2D eigenvalue weighted by atomic mass is 19.1. The average Bonchev–Trinajstić information content (AvgIpc) is 3.57. The monoisotopic (exact) mass is 585 g/mol. The van der Waals surface area contributed by atoms with Gasteiger partial charge >= 0.3 is 0 Å². The Morgan fingerprint density at radius 1 is 0.953 bits per heavy atom. The van der Waals surface area contributed by atoms with Crippen molar-refractivity contribution < 1.29 is 14.0 Å². The van der Waals surface area contributed by atoms with E-state index in [4.69, 9.17) is 10.7 Å². The molecule has 1 aromatic carbocycles. The molecule has 0 unspecified atom stereocenters. The van der Waals surface area contributed by atoms with Crippen LogP contribution < -0.4 is 16.0 Å². The number of carbonyl (C=O) groups is 2. The molecule has 2 saturated heterocycles. The van der Waals surface area contributed by atoms with Gasteiger partial charge in [0.2, 0.25) is 0 Å². The van der Waals surface area contributed by atoms with Crippen molar-refractivity contribution in [1.82, 2.24) is 19.9 Å². The molecule has 1 amide bonds. The third-order valence-electron chi connectivity index (χ3n) is 9.35. The molecule has 10 heteroatoms. The first-order chi connectivity index (χ1) is 20.9. The van der Waals surface area contributed by atoms with Gasteiger partial charge in [-0.25, -0.2) is 14.4 Å². The van der Waals surface area contributed by atoms with E-state index in [1.807, 2.05) is 12.1 Å². The number of nitrogens with one attached hydrogen (secondary N) is 1. The molecule has 3 N–H and O–H groups in total. The summed E-state index contributed by atoms with van der Waals surface area (Å²) in [6.07, 6.45) is 13.9. The highest BCUT2D eigenvalue weighted by Crippen LogP contribution is 2.33. The van der Waals surface area contributed by atoms with Crippen LogP contribution in [0.2, 0.25) is 0 Å². The zero-order valence-corrected chi connectivity index (χ0v) is 24.6. The van der Waals surface area contributed by atoms with E-state index < -0.39 is 11.7 Å². The fourth-order valence-corrected chi connectivity index (χ4v) is 7.03. The second-order valence-corrected chi connectivity index (χ2v) is 12.3. The zero-order valence-electron chi connectivity index (χ0n) is 24.6. The summed E-state index contributed by atoms with van der Waals surface area (Å²) in [6, 6.07) is 10.4. The summed E-state index contributed by atoms with van der Waals surface area (Å²) in [5.41, 5.74) is 8.17. The van der Waals surface area contributed by atoms with Crippen molar-refractivity contribution in [3.05, 3.63) is 71.6 Å². The van der Waals surface area contributed by atoms with E-state index in [0.717, 1.165) is 37.3 Å². The Labute approximate surface area is 252 Å². The summed E-state index contributed by atoms with van der Waals surface area (Å²) in [5, 5.41) is 3.27. The summed E-state index contributed by atoms with van der Waals surface area (Å²) >= 11 is 0. The predicted molar refractivity (Wildman–Crippen MR) is 164 cm³/mol. The van der Waals surface area contributed by atoms with Crippen molar-refractivity contribution in [3.8, 4) is 0 Å². The van der Waals surface area contributed by atoms with Crippen LogP contribution in [0.1, 0.15) is 90.1 Å². The molecular formula is C33H40FN7O2. The van der Waals surface area contributed by atoms with Gasteiger partial charge in [0.25, 0.3) is 5.91 Å². The summed E-state index contributed by atoms with van der Waals surface area (Å²) in [7, 11) is 0. The van der Waals surface area contributed by atoms with Crippen molar-refractivity contribution in [2.45, 2.75) is 69.7 Å². The first kappa shape index (κ1) is 29.2. The highest BCUT2D eigenvalue weighted by molar-refractivity contribution is 5.96. The van der Waals surface area contributed by atoms with Crippen molar-refractivity contribution in [3.63, 3.8) is 0 Å². The maximum absolute atomic E-state index is 13.6. The summed E-state index contributed by atoms with van der Waals surface area (Å²) in [6.45, 7) is 3.71. The second kappa shape index (κ2) is 13.2. The number of carbonyl (C=O) groups excluding carboxylic acids is 2. The van der Waals surface area contributed by atoms with Gasteiger partial charge in [-0.15, -0.1) is 0 Å². The fraction of sp³-hybridized carbons (Fsp3) is 0.485. The van der Waals surface area contributed by atoms with Gasteiger partial charge in [0.15, 0.2) is 17.3 Å². The van der Waals surface area contributed by atoms with E-state index in [0.29, 0.717) is 30.5 Å². The summed E-state index contributed by atoms with van der Waals surface area (Å²) in [5.74, 6) is 0.269. The maximum atomic E-state index is 13.6. The Balaban J connectivity index is 1.10. The molecule has 6 rings (SSSR count). The van der Waals surface area contributed by atoms with Gasteiger partial charge in [0.1, 0.15) is 11.6 Å². The van der Waals surface area contributed by atoms with Crippen LogP contribution in [0.3, 0.4) is 0 Å². The van der Waals surface area contributed by atoms with Crippen LogP contribution in [-0.4, -0.2) is 63.8 Å². The van der Waals surface area contributed by atoms with Gasteiger partial charge in [0, 0.05) is 43.0 Å². The minimum atomic E-state index is -0.655. The van der Waals surface area contributed by atoms with Crippen LogP contribution in [0.4, 0.5) is 21.7 Å². The van der Waals surface area contributed by atoms with Crippen molar-refractivity contribution in [2.75, 3.05) is 36.4 Å². The smallest absolute Gasteiger partial charge is 0.271 e. The molecule has 43 heavy (non-hydrogen) atoms. The van der Waals surface area contributed by atoms with Gasteiger partial charge in [-0.3, -0.25) is 14.6 Å². The Bertz CT molecular complexity index is 1440. The molecule has 3 fully saturated rings. The van der Waals surface area contributed by atoms with E-state index in [1.165, 1.54) is 69.4 Å². The number of amides is 1. The Morgan fingerprint density at radius 2 is 1.72 bits per heavy atom. The number of nitrogens with zero attached hydrogens (tertiary/aromatic N) is 5. The lowest BCUT2D eigenvalue weighted by Gasteiger charge is -2.36. The number of likely N-dealkylation sites (tertiary alicyclic amines) is 1. The van der Waals surface area contributed by atoms with E-state index in [2.05, 4.69) is 37.2 Å². The lowest BCUT2D eigenvalue weighted by atomic mass is 9.88. The van der Waals surface area contributed by atoms with Gasteiger partial charge in [-0.2, -0.15) is 0 Å². The number of pyridine rings is 1. The molecule has 4 heterocycles. The minimum absolute atomic E-state index is 0.0782. The molecule has 226 valence electrons. The van der Waals surface area contributed by atoms with Crippen LogP contribution in [-0.2, 0) is 0 Å². The quantitative estimate of drug-likeness (QED) is 0.318. The number of hydrogen-bond acceptors (Lipinski definition) is 8. The second-order valence-electron chi connectivity index (χ2n) is 12.3. The van der Waals surface area contributed by atoms with Crippen LogP contribution in [0, 0.1) is 11.7 Å². The SMILES string of the molecule is NC(=O)c1ncc(N2CCC[C@@H](CC(=O)c3cncc(F)c3)C2)nc1Nc1ccc(C2CCN(C3CCCC3)CC2)cc1. The van der Waals surface area contributed by atoms with Crippen LogP contribution in [0.25, 0.3) is 0 Å².